The van der Waals surface area contributed by atoms with Crippen molar-refractivity contribution in [2.45, 2.75) is 31.7 Å². The van der Waals surface area contributed by atoms with Crippen LogP contribution in [0, 0.1) is 13.8 Å². The second-order valence-electron chi connectivity index (χ2n) is 7.42. The molecule has 0 aliphatic carbocycles. The number of nitrogens with zero attached hydrogens (tertiary/aromatic N) is 2. The Morgan fingerprint density at radius 3 is 2.48 bits per heavy atom. The summed E-state index contributed by atoms with van der Waals surface area (Å²) in [6.45, 7) is 4.93. The Morgan fingerprint density at radius 2 is 1.76 bits per heavy atom. The number of benzene rings is 2. The van der Waals surface area contributed by atoms with E-state index in [1.54, 1.807) is 22.6 Å². The van der Waals surface area contributed by atoms with Crippen LogP contribution in [0.3, 0.4) is 0 Å². The first-order valence-corrected chi connectivity index (χ1v) is 11.2. The number of rotatable bonds is 4. The third-order valence-corrected chi connectivity index (χ3v) is 7.26. The predicted octanol–water partition coefficient (Wildman–Crippen LogP) is 4.62. The SMILES string of the molecule is Cc1ccc(S(=O)(=O)N2CCc3c(ccc(C)c3/C=C/c3ccccn3)C2)cc1. The van der Waals surface area contributed by atoms with E-state index in [4.69, 9.17) is 0 Å². The molecule has 1 aromatic heterocycles. The lowest BCUT2D eigenvalue weighted by Gasteiger charge is -2.29. The van der Waals surface area contributed by atoms with E-state index in [1.807, 2.05) is 43.3 Å². The second kappa shape index (κ2) is 7.93. The highest BCUT2D eigenvalue weighted by molar-refractivity contribution is 7.89. The van der Waals surface area contributed by atoms with Crippen LogP contribution in [0.4, 0.5) is 0 Å². The molecular weight excluding hydrogens is 380 g/mol. The molecule has 0 saturated heterocycles. The van der Waals surface area contributed by atoms with Crippen molar-refractivity contribution in [3.05, 3.63) is 94.3 Å². The van der Waals surface area contributed by atoms with Gasteiger partial charge in [0.2, 0.25) is 10.0 Å². The van der Waals surface area contributed by atoms with Gasteiger partial charge < -0.3 is 0 Å². The lowest BCUT2D eigenvalue weighted by molar-refractivity contribution is 0.391. The lowest BCUT2D eigenvalue weighted by atomic mass is 9.92. The molecule has 4 nitrogen and oxygen atoms in total. The van der Waals surface area contributed by atoms with Crippen LogP contribution in [0.2, 0.25) is 0 Å². The topological polar surface area (TPSA) is 50.3 Å². The van der Waals surface area contributed by atoms with Gasteiger partial charge in [0.1, 0.15) is 0 Å². The van der Waals surface area contributed by atoms with Crippen LogP contribution in [0.5, 0.6) is 0 Å². The maximum atomic E-state index is 13.1. The van der Waals surface area contributed by atoms with Crippen molar-refractivity contribution in [3.8, 4) is 0 Å². The molecule has 1 aliphatic heterocycles. The molecule has 148 valence electrons. The Hall–Kier alpha value is -2.76. The Kier molecular flexibility index (Phi) is 5.35. The van der Waals surface area contributed by atoms with Crippen LogP contribution in [-0.2, 0) is 23.0 Å². The third kappa shape index (κ3) is 4.02. The fourth-order valence-corrected chi connectivity index (χ4v) is 5.13. The van der Waals surface area contributed by atoms with E-state index < -0.39 is 10.0 Å². The minimum Gasteiger partial charge on any atom is -0.257 e. The molecule has 0 saturated carbocycles. The van der Waals surface area contributed by atoms with E-state index in [-0.39, 0.29) is 0 Å². The van der Waals surface area contributed by atoms with Crippen molar-refractivity contribution < 1.29 is 8.42 Å². The summed E-state index contributed by atoms with van der Waals surface area (Å²) in [6.07, 6.45) is 6.59. The van der Waals surface area contributed by atoms with E-state index in [0.29, 0.717) is 24.4 Å². The minimum atomic E-state index is -3.49. The summed E-state index contributed by atoms with van der Waals surface area (Å²) >= 11 is 0. The second-order valence-corrected chi connectivity index (χ2v) is 9.36. The van der Waals surface area contributed by atoms with Crippen molar-refractivity contribution >= 4 is 22.2 Å². The van der Waals surface area contributed by atoms with Crippen LogP contribution in [0.25, 0.3) is 12.2 Å². The van der Waals surface area contributed by atoms with Crippen LogP contribution < -0.4 is 0 Å². The largest absolute Gasteiger partial charge is 0.257 e. The van der Waals surface area contributed by atoms with Crippen LogP contribution in [0.15, 0.2) is 65.7 Å². The van der Waals surface area contributed by atoms with E-state index in [1.165, 1.54) is 16.7 Å². The number of pyridine rings is 1. The Balaban J connectivity index is 1.64. The Labute approximate surface area is 172 Å². The van der Waals surface area contributed by atoms with Crippen molar-refractivity contribution in [1.82, 2.24) is 9.29 Å². The number of aryl methyl sites for hydroxylation is 2. The van der Waals surface area contributed by atoms with Crippen molar-refractivity contribution in [2.24, 2.45) is 0 Å². The van der Waals surface area contributed by atoms with E-state index in [0.717, 1.165) is 16.8 Å². The number of hydrogen-bond acceptors (Lipinski definition) is 3. The maximum absolute atomic E-state index is 13.1. The molecule has 4 rings (SSSR count). The van der Waals surface area contributed by atoms with Gasteiger partial charge in [0, 0.05) is 19.3 Å². The lowest BCUT2D eigenvalue weighted by Crippen LogP contribution is -2.36. The fraction of sp³-hybridized carbons (Fsp3) is 0.208. The van der Waals surface area contributed by atoms with E-state index in [2.05, 4.69) is 30.1 Å². The highest BCUT2D eigenvalue weighted by atomic mass is 32.2. The summed E-state index contributed by atoms with van der Waals surface area (Å²) in [5.74, 6) is 0. The molecular formula is C24H24N2O2S. The molecule has 2 aromatic carbocycles. The molecule has 0 atom stereocenters. The van der Waals surface area contributed by atoms with Crippen LogP contribution in [-0.4, -0.2) is 24.3 Å². The number of aromatic nitrogens is 1. The maximum Gasteiger partial charge on any atom is 0.243 e. The van der Waals surface area contributed by atoms with Gasteiger partial charge in [-0.2, -0.15) is 4.31 Å². The summed E-state index contributed by atoms with van der Waals surface area (Å²) in [7, 11) is -3.49. The van der Waals surface area contributed by atoms with Crippen molar-refractivity contribution in [3.63, 3.8) is 0 Å². The fourth-order valence-electron chi connectivity index (χ4n) is 3.72. The molecule has 0 N–H and O–H groups in total. The van der Waals surface area contributed by atoms with Gasteiger partial charge >= 0.3 is 0 Å². The van der Waals surface area contributed by atoms with Crippen LogP contribution >= 0.6 is 0 Å². The highest BCUT2D eigenvalue weighted by Gasteiger charge is 2.29. The summed E-state index contributed by atoms with van der Waals surface area (Å²) < 4.78 is 27.7. The molecule has 5 heteroatoms. The normalized spacial score (nSPS) is 14.8. The summed E-state index contributed by atoms with van der Waals surface area (Å²) in [6, 6.07) is 17.0. The number of sulfonamides is 1. The van der Waals surface area contributed by atoms with Gasteiger partial charge in [-0.1, -0.05) is 42.0 Å². The molecule has 0 spiro atoms. The van der Waals surface area contributed by atoms with Gasteiger partial charge in [-0.15, -0.1) is 0 Å². The molecule has 0 fully saturated rings. The first kappa shape index (κ1) is 19.6. The van der Waals surface area contributed by atoms with E-state index >= 15 is 0 Å². The average Bonchev–Trinajstić information content (AvgIpc) is 2.74. The van der Waals surface area contributed by atoms with Gasteiger partial charge in [-0.25, -0.2) is 8.42 Å². The first-order valence-electron chi connectivity index (χ1n) is 9.72. The first-order chi connectivity index (χ1) is 13.9. The molecule has 0 bridgehead atoms. The molecule has 29 heavy (non-hydrogen) atoms. The summed E-state index contributed by atoms with van der Waals surface area (Å²) in [5, 5.41) is 0. The Morgan fingerprint density at radius 1 is 0.966 bits per heavy atom. The summed E-state index contributed by atoms with van der Waals surface area (Å²) in [4.78, 5) is 4.70. The molecule has 2 heterocycles. The molecule has 0 amide bonds. The van der Waals surface area contributed by atoms with Gasteiger partial charge in [0.15, 0.2) is 0 Å². The van der Waals surface area contributed by atoms with Gasteiger partial charge in [0.25, 0.3) is 0 Å². The molecule has 0 radical (unpaired) electrons. The van der Waals surface area contributed by atoms with Gasteiger partial charge in [-0.05, 0) is 72.9 Å². The minimum absolute atomic E-state index is 0.355. The van der Waals surface area contributed by atoms with Crippen molar-refractivity contribution in [1.29, 1.82) is 0 Å². The zero-order valence-electron chi connectivity index (χ0n) is 16.7. The average molecular weight is 405 g/mol. The monoisotopic (exact) mass is 404 g/mol. The standard InChI is InChI=1S/C24H24N2O2S/c1-18-6-11-22(12-7-18)29(27,28)26-16-14-24-20(17-26)9-8-19(2)23(24)13-10-21-5-3-4-15-25-21/h3-13,15H,14,16-17H2,1-2H3/b13-10+. The highest BCUT2D eigenvalue weighted by Crippen LogP contribution is 2.30. The number of hydrogen-bond donors (Lipinski definition) is 0. The molecule has 3 aromatic rings. The summed E-state index contributed by atoms with van der Waals surface area (Å²) in [5.41, 5.74) is 6.61. The van der Waals surface area contributed by atoms with Crippen molar-refractivity contribution in [2.75, 3.05) is 6.54 Å². The quantitative estimate of drug-likeness (QED) is 0.638. The Bertz CT molecular complexity index is 1150. The van der Waals surface area contributed by atoms with Gasteiger partial charge in [-0.3, -0.25) is 4.98 Å². The zero-order chi connectivity index (χ0) is 20.4. The van der Waals surface area contributed by atoms with E-state index in [9.17, 15) is 8.42 Å². The van der Waals surface area contributed by atoms with Gasteiger partial charge in [0.05, 0.1) is 10.6 Å². The zero-order valence-corrected chi connectivity index (χ0v) is 17.5. The number of fused-ring (bicyclic) bond motifs is 1. The van der Waals surface area contributed by atoms with Crippen LogP contribution in [0.1, 0.15) is 33.5 Å². The predicted molar refractivity (Wildman–Crippen MR) is 117 cm³/mol. The smallest absolute Gasteiger partial charge is 0.243 e. The molecule has 1 aliphatic rings. The molecule has 0 unspecified atom stereocenters. The third-order valence-electron chi connectivity index (χ3n) is 5.40.